The van der Waals surface area contributed by atoms with E-state index in [1.54, 1.807) is 37.3 Å². The molecule has 0 bridgehead atoms. The molecule has 0 spiro atoms. The van der Waals surface area contributed by atoms with E-state index in [1.807, 2.05) is 24.3 Å². The number of amides is 2. The first-order valence-corrected chi connectivity index (χ1v) is 8.26. The second kappa shape index (κ2) is 7.94. The van der Waals surface area contributed by atoms with Crippen LogP contribution < -0.4 is 10.6 Å². The average molecular weight is 340 g/mol. The maximum atomic E-state index is 12.0. The van der Waals surface area contributed by atoms with Crippen molar-refractivity contribution in [2.45, 2.75) is 32.3 Å². The van der Waals surface area contributed by atoms with E-state index in [2.05, 4.69) is 24.5 Å². The molecule has 0 aliphatic heterocycles. The van der Waals surface area contributed by atoms with Gasteiger partial charge in [0, 0.05) is 5.69 Å². The lowest BCUT2D eigenvalue weighted by atomic mass is 9.96. The van der Waals surface area contributed by atoms with E-state index < -0.39 is 17.4 Å². The van der Waals surface area contributed by atoms with Gasteiger partial charge in [-0.25, -0.2) is 0 Å². The Balaban J connectivity index is 1.94. The molecule has 2 rings (SSSR count). The highest BCUT2D eigenvalue weighted by Crippen LogP contribution is 2.20. The molecule has 0 saturated heterocycles. The molecule has 0 saturated carbocycles. The Morgan fingerprint density at radius 2 is 1.72 bits per heavy atom. The van der Waals surface area contributed by atoms with Gasteiger partial charge in [-0.15, -0.1) is 0 Å². The van der Waals surface area contributed by atoms with Gasteiger partial charge < -0.3 is 15.7 Å². The van der Waals surface area contributed by atoms with Gasteiger partial charge in [0.2, 0.25) is 0 Å². The first-order valence-electron chi connectivity index (χ1n) is 8.26. The number of carbonyl (C=O) groups is 2. The zero-order chi connectivity index (χ0) is 18.4. The van der Waals surface area contributed by atoms with Crippen molar-refractivity contribution in [1.29, 1.82) is 0 Å². The Hall–Kier alpha value is -2.66. The molecule has 132 valence electrons. The maximum Gasteiger partial charge on any atom is 0.313 e. The fourth-order valence-corrected chi connectivity index (χ4v) is 2.40. The van der Waals surface area contributed by atoms with Crippen molar-refractivity contribution in [1.82, 2.24) is 5.32 Å². The third-order valence-electron chi connectivity index (χ3n) is 4.01. The van der Waals surface area contributed by atoms with Gasteiger partial charge >= 0.3 is 11.8 Å². The molecule has 1 unspecified atom stereocenters. The van der Waals surface area contributed by atoms with Gasteiger partial charge in [-0.2, -0.15) is 0 Å². The average Bonchev–Trinajstić information content (AvgIpc) is 2.60. The zero-order valence-electron chi connectivity index (χ0n) is 14.7. The number of hydrogen-bond acceptors (Lipinski definition) is 3. The van der Waals surface area contributed by atoms with Crippen LogP contribution in [-0.2, 0) is 15.2 Å². The first kappa shape index (κ1) is 18.7. The Bertz CT molecular complexity index is 740. The number of benzene rings is 2. The lowest BCUT2D eigenvalue weighted by Gasteiger charge is -2.24. The van der Waals surface area contributed by atoms with Crippen molar-refractivity contribution in [3.8, 4) is 0 Å². The van der Waals surface area contributed by atoms with Crippen LogP contribution in [0.5, 0.6) is 0 Å². The van der Waals surface area contributed by atoms with Crippen LogP contribution >= 0.6 is 0 Å². The minimum absolute atomic E-state index is 0.0602. The Morgan fingerprint density at radius 1 is 1.04 bits per heavy atom. The van der Waals surface area contributed by atoms with E-state index in [-0.39, 0.29) is 6.54 Å². The molecule has 0 radical (unpaired) electrons. The minimum atomic E-state index is -1.26. The van der Waals surface area contributed by atoms with Crippen LogP contribution in [0.4, 0.5) is 5.69 Å². The molecule has 0 heterocycles. The molecule has 0 fully saturated rings. The van der Waals surface area contributed by atoms with Crippen molar-refractivity contribution in [3.05, 3.63) is 65.7 Å². The highest BCUT2D eigenvalue weighted by Gasteiger charge is 2.25. The molecular weight excluding hydrogens is 316 g/mol. The van der Waals surface area contributed by atoms with Crippen LogP contribution in [0.15, 0.2) is 54.6 Å². The Labute approximate surface area is 148 Å². The van der Waals surface area contributed by atoms with Crippen molar-refractivity contribution < 1.29 is 14.7 Å². The minimum Gasteiger partial charge on any atom is -0.384 e. The summed E-state index contributed by atoms with van der Waals surface area (Å²) in [6, 6.07) is 16.4. The summed E-state index contributed by atoms with van der Waals surface area (Å²) in [7, 11) is 0. The molecule has 5 heteroatoms. The summed E-state index contributed by atoms with van der Waals surface area (Å²) < 4.78 is 0. The molecule has 2 aromatic rings. The molecular formula is C20H24N2O3. The Kier molecular flexibility index (Phi) is 5.93. The van der Waals surface area contributed by atoms with Crippen LogP contribution in [0.25, 0.3) is 0 Å². The number of nitrogens with one attached hydrogen (secondary N) is 2. The number of carbonyl (C=O) groups excluding carboxylic acids is 2. The quantitative estimate of drug-likeness (QED) is 0.732. The largest absolute Gasteiger partial charge is 0.384 e. The number of hydrogen-bond donors (Lipinski definition) is 3. The predicted molar refractivity (Wildman–Crippen MR) is 98.2 cm³/mol. The smallest absolute Gasteiger partial charge is 0.313 e. The number of anilines is 1. The summed E-state index contributed by atoms with van der Waals surface area (Å²) in [6.07, 6.45) is 0. The highest BCUT2D eigenvalue weighted by molar-refractivity contribution is 6.39. The van der Waals surface area contributed by atoms with Gasteiger partial charge in [-0.1, -0.05) is 56.3 Å². The molecule has 2 aromatic carbocycles. The summed E-state index contributed by atoms with van der Waals surface area (Å²) in [5, 5.41) is 15.5. The van der Waals surface area contributed by atoms with Gasteiger partial charge in [0.1, 0.15) is 5.60 Å². The van der Waals surface area contributed by atoms with Gasteiger partial charge in [-0.05, 0) is 36.1 Å². The van der Waals surface area contributed by atoms with E-state index in [0.717, 1.165) is 5.56 Å². The summed E-state index contributed by atoms with van der Waals surface area (Å²) in [5.41, 5.74) is 1.06. The van der Waals surface area contributed by atoms with E-state index in [1.165, 1.54) is 0 Å². The van der Waals surface area contributed by atoms with Crippen molar-refractivity contribution in [3.63, 3.8) is 0 Å². The van der Waals surface area contributed by atoms with E-state index in [4.69, 9.17) is 0 Å². The third kappa shape index (κ3) is 5.16. The van der Waals surface area contributed by atoms with Crippen molar-refractivity contribution >= 4 is 17.5 Å². The molecule has 1 atom stereocenters. The van der Waals surface area contributed by atoms with Gasteiger partial charge in [0.05, 0.1) is 6.54 Å². The Morgan fingerprint density at radius 3 is 2.36 bits per heavy atom. The molecule has 3 N–H and O–H groups in total. The third-order valence-corrected chi connectivity index (χ3v) is 4.01. The van der Waals surface area contributed by atoms with Crippen LogP contribution in [0.1, 0.15) is 37.8 Å². The SMILES string of the molecule is CC(C)c1cccc(NC(=O)C(=O)NCC(C)(O)c2ccccc2)c1. The van der Waals surface area contributed by atoms with Crippen molar-refractivity contribution in [2.24, 2.45) is 0 Å². The van der Waals surface area contributed by atoms with E-state index in [0.29, 0.717) is 17.2 Å². The topological polar surface area (TPSA) is 78.4 Å². The lowest BCUT2D eigenvalue weighted by molar-refractivity contribution is -0.136. The number of rotatable bonds is 5. The van der Waals surface area contributed by atoms with Crippen LogP contribution in [0, 0.1) is 0 Å². The first-order chi connectivity index (χ1) is 11.8. The molecule has 0 aromatic heterocycles. The molecule has 0 aliphatic carbocycles. The lowest BCUT2D eigenvalue weighted by Crippen LogP contribution is -2.43. The maximum absolute atomic E-state index is 12.0. The zero-order valence-corrected chi connectivity index (χ0v) is 14.7. The molecule has 0 aliphatic rings. The van der Waals surface area contributed by atoms with Crippen molar-refractivity contribution in [2.75, 3.05) is 11.9 Å². The summed E-state index contributed by atoms with van der Waals surface area (Å²) in [5.74, 6) is -1.22. The standard InChI is InChI=1S/C20H24N2O3/c1-14(2)15-8-7-11-17(12-15)22-19(24)18(23)21-13-20(3,25)16-9-5-4-6-10-16/h4-12,14,25H,13H2,1-3H3,(H,21,23)(H,22,24). The summed E-state index contributed by atoms with van der Waals surface area (Å²) >= 11 is 0. The highest BCUT2D eigenvalue weighted by atomic mass is 16.3. The summed E-state index contributed by atoms with van der Waals surface area (Å²) in [6.45, 7) is 5.64. The van der Waals surface area contributed by atoms with Crippen LogP contribution in [-0.4, -0.2) is 23.5 Å². The van der Waals surface area contributed by atoms with Crippen LogP contribution in [0.3, 0.4) is 0 Å². The summed E-state index contributed by atoms with van der Waals surface area (Å²) in [4.78, 5) is 24.1. The van der Waals surface area contributed by atoms with Crippen LogP contribution in [0.2, 0.25) is 0 Å². The number of aliphatic hydroxyl groups is 1. The molecule has 25 heavy (non-hydrogen) atoms. The fourth-order valence-electron chi connectivity index (χ4n) is 2.40. The van der Waals surface area contributed by atoms with E-state index in [9.17, 15) is 14.7 Å². The molecule has 2 amide bonds. The molecule has 5 nitrogen and oxygen atoms in total. The second-order valence-electron chi connectivity index (χ2n) is 6.56. The van der Waals surface area contributed by atoms with E-state index >= 15 is 0 Å². The van der Waals surface area contributed by atoms with Gasteiger partial charge in [-0.3, -0.25) is 9.59 Å². The predicted octanol–water partition coefficient (Wildman–Crippen LogP) is 2.77. The van der Waals surface area contributed by atoms with Gasteiger partial charge in [0.15, 0.2) is 0 Å². The van der Waals surface area contributed by atoms with Gasteiger partial charge in [0.25, 0.3) is 0 Å². The fraction of sp³-hybridized carbons (Fsp3) is 0.300. The normalized spacial score (nSPS) is 13.2. The monoisotopic (exact) mass is 340 g/mol. The second-order valence-corrected chi connectivity index (χ2v) is 6.56.